The van der Waals surface area contributed by atoms with Crippen LogP contribution in [0.4, 0.5) is 8.78 Å². The molecule has 0 aliphatic heterocycles. The van der Waals surface area contributed by atoms with Gasteiger partial charge in [0.1, 0.15) is 11.6 Å². The van der Waals surface area contributed by atoms with Crippen LogP contribution in [0.15, 0.2) is 40.9 Å². The van der Waals surface area contributed by atoms with Gasteiger partial charge >= 0.3 is 0 Å². The van der Waals surface area contributed by atoms with Gasteiger partial charge in [-0.2, -0.15) is 0 Å². The van der Waals surface area contributed by atoms with Gasteiger partial charge in [0, 0.05) is 5.54 Å². The molecule has 1 aliphatic rings. The second-order valence-electron chi connectivity index (χ2n) is 5.35. The van der Waals surface area contributed by atoms with E-state index in [2.05, 4.69) is 15.9 Å². The van der Waals surface area contributed by atoms with Crippen LogP contribution in [-0.4, -0.2) is 0 Å². The zero-order valence-electron chi connectivity index (χ0n) is 10.8. The lowest BCUT2D eigenvalue weighted by atomic mass is 9.86. The largest absolute Gasteiger partial charge is 0.321 e. The van der Waals surface area contributed by atoms with Crippen molar-refractivity contribution in [1.29, 1.82) is 0 Å². The third-order valence-electron chi connectivity index (χ3n) is 3.98. The summed E-state index contributed by atoms with van der Waals surface area (Å²) in [5.41, 5.74) is 8.71. The van der Waals surface area contributed by atoms with Crippen LogP contribution >= 0.6 is 15.9 Å². The summed E-state index contributed by atoms with van der Waals surface area (Å²) in [6.45, 7) is 0. The standard InChI is InChI=1S/C16H14BrF2N/c17-15-11(2-1-3-14(15)19)9-16(20)7-6-10-8-12(18)4-5-13(10)16/h1-5,8H,6-7,9,20H2. The average molecular weight is 338 g/mol. The van der Waals surface area contributed by atoms with Gasteiger partial charge in [-0.3, -0.25) is 0 Å². The van der Waals surface area contributed by atoms with Crippen molar-refractivity contribution in [3.63, 3.8) is 0 Å². The minimum absolute atomic E-state index is 0.236. The maximum Gasteiger partial charge on any atom is 0.137 e. The molecule has 0 spiro atoms. The van der Waals surface area contributed by atoms with E-state index in [1.54, 1.807) is 18.2 Å². The van der Waals surface area contributed by atoms with Gasteiger partial charge in [0.05, 0.1) is 4.47 Å². The lowest BCUT2D eigenvalue weighted by Crippen LogP contribution is -2.36. The molecule has 2 N–H and O–H groups in total. The van der Waals surface area contributed by atoms with E-state index >= 15 is 0 Å². The highest BCUT2D eigenvalue weighted by atomic mass is 79.9. The lowest BCUT2D eigenvalue weighted by Gasteiger charge is -2.26. The minimum atomic E-state index is -0.556. The summed E-state index contributed by atoms with van der Waals surface area (Å²) < 4.78 is 27.3. The number of hydrogen-bond acceptors (Lipinski definition) is 1. The molecule has 2 aromatic carbocycles. The molecule has 1 aliphatic carbocycles. The zero-order chi connectivity index (χ0) is 14.3. The van der Waals surface area contributed by atoms with Crippen molar-refractivity contribution in [1.82, 2.24) is 0 Å². The molecule has 1 nitrogen and oxygen atoms in total. The summed E-state index contributed by atoms with van der Waals surface area (Å²) >= 11 is 3.27. The second kappa shape index (κ2) is 4.93. The quantitative estimate of drug-likeness (QED) is 0.878. The molecule has 0 saturated heterocycles. The highest BCUT2D eigenvalue weighted by Crippen LogP contribution is 2.39. The summed E-state index contributed by atoms with van der Waals surface area (Å²) in [6, 6.07) is 9.69. The molecule has 1 unspecified atom stereocenters. The van der Waals surface area contributed by atoms with Gasteiger partial charge in [-0.05, 0) is 70.1 Å². The predicted molar refractivity (Wildman–Crippen MR) is 78.4 cm³/mol. The Morgan fingerprint density at radius 2 is 2.00 bits per heavy atom. The van der Waals surface area contributed by atoms with Crippen LogP contribution < -0.4 is 5.73 Å². The predicted octanol–water partition coefficient (Wildman–Crippen LogP) is 4.07. The van der Waals surface area contributed by atoms with Crippen LogP contribution in [0.5, 0.6) is 0 Å². The van der Waals surface area contributed by atoms with Gasteiger partial charge < -0.3 is 5.73 Å². The van der Waals surface area contributed by atoms with Crippen LogP contribution in [-0.2, 0) is 18.4 Å². The van der Waals surface area contributed by atoms with Crippen molar-refractivity contribution in [3.8, 4) is 0 Å². The molecule has 0 fully saturated rings. The maximum absolute atomic E-state index is 13.6. The van der Waals surface area contributed by atoms with Crippen LogP contribution in [0.25, 0.3) is 0 Å². The Kier molecular flexibility index (Phi) is 3.38. The third kappa shape index (κ3) is 2.27. The van der Waals surface area contributed by atoms with Crippen molar-refractivity contribution >= 4 is 15.9 Å². The lowest BCUT2D eigenvalue weighted by molar-refractivity contribution is 0.437. The van der Waals surface area contributed by atoms with E-state index in [9.17, 15) is 8.78 Å². The Labute approximate surface area is 124 Å². The van der Waals surface area contributed by atoms with Crippen LogP contribution in [0.3, 0.4) is 0 Å². The summed E-state index contributed by atoms with van der Waals surface area (Å²) in [5.74, 6) is -0.525. The monoisotopic (exact) mass is 337 g/mol. The molecule has 0 saturated carbocycles. The van der Waals surface area contributed by atoms with Crippen LogP contribution in [0, 0.1) is 11.6 Å². The molecule has 0 heterocycles. The smallest absolute Gasteiger partial charge is 0.137 e. The maximum atomic E-state index is 13.6. The Morgan fingerprint density at radius 1 is 1.20 bits per heavy atom. The molecular weight excluding hydrogens is 324 g/mol. The first kappa shape index (κ1) is 13.7. The highest BCUT2D eigenvalue weighted by molar-refractivity contribution is 9.10. The van der Waals surface area contributed by atoms with Gasteiger partial charge in [0.25, 0.3) is 0 Å². The SMILES string of the molecule is NC1(Cc2cccc(F)c2Br)CCc2cc(F)ccc21. The van der Waals surface area contributed by atoms with Crippen molar-refractivity contribution in [3.05, 3.63) is 69.2 Å². The first-order valence-corrected chi connectivity index (χ1v) is 7.29. The van der Waals surface area contributed by atoms with E-state index in [4.69, 9.17) is 5.73 Å². The fourth-order valence-electron chi connectivity index (χ4n) is 2.96. The van der Waals surface area contributed by atoms with Gasteiger partial charge in [0.15, 0.2) is 0 Å². The summed E-state index contributed by atoms with van der Waals surface area (Å²) in [6.07, 6.45) is 2.04. The van der Waals surface area contributed by atoms with Crippen molar-refractivity contribution < 1.29 is 8.78 Å². The molecule has 0 aromatic heterocycles. The van der Waals surface area contributed by atoms with E-state index in [-0.39, 0.29) is 11.6 Å². The van der Waals surface area contributed by atoms with E-state index in [1.807, 2.05) is 6.07 Å². The molecular formula is C16H14BrF2N. The van der Waals surface area contributed by atoms with Crippen LogP contribution in [0.2, 0.25) is 0 Å². The minimum Gasteiger partial charge on any atom is -0.321 e. The third-order valence-corrected chi connectivity index (χ3v) is 4.87. The molecule has 3 rings (SSSR count). The number of rotatable bonds is 2. The molecule has 0 amide bonds. The Bertz CT molecular complexity index is 672. The van der Waals surface area contributed by atoms with E-state index in [0.29, 0.717) is 10.9 Å². The molecule has 4 heteroatoms. The van der Waals surface area contributed by atoms with Crippen molar-refractivity contribution in [2.45, 2.75) is 24.8 Å². The normalized spacial score (nSPS) is 21.0. The van der Waals surface area contributed by atoms with Gasteiger partial charge in [-0.1, -0.05) is 18.2 Å². The molecule has 1 atom stereocenters. The fourth-order valence-corrected chi connectivity index (χ4v) is 3.36. The fraction of sp³-hybridized carbons (Fsp3) is 0.250. The molecule has 0 bridgehead atoms. The first-order chi connectivity index (χ1) is 9.49. The highest BCUT2D eigenvalue weighted by Gasteiger charge is 2.35. The molecule has 0 radical (unpaired) electrons. The number of fused-ring (bicyclic) bond motifs is 1. The molecule has 2 aromatic rings. The van der Waals surface area contributed by atoms with Gasteiger partial charge in [-0.25, -0.2) is 8.78 Å². The summed E-state index contributed by atoms with van der Waals surface area (Å²) in [7, 11) is 0. The van der Waals surface area contributed by atoms with Crippen molar-refractivity contribution in [2.75, 3.05) is 0 Å². The Hall–Kier alpha value is -1.26. The van der Waals surface area contributed by atoms with E-state index in [1.165, 1.54) is 12.1 Å². The van der Waals surface area contributed by atoms with E-state index < -0.39 is 5.54 Å². The van der Waals surface area contributed by atoms with Gasteiger partial charge in [-0.15, -0.1) is 0 Å². The van der Waals surface area contributed by atoms with Crippen LogP contribution in [0.1, 0.15) is 23.1 Å². The Balaban J connectivity index is 1.98. The second-order valence-corrected chi connectivity index (χ2v) is 6.14. The zero-order valence-corrected chi connectivity index (χ0v) is 12.4. The summed E-state index contributed by atoms with van der Waals surface area (Å²) in [5, 5.41) is 0. The number of nitrogens with two attached hydrogens (primary N) is 1. The van der Waals surface area contributed by atoms with Gasteiger partial charge in [0.2, 0.25) is 0 Å². The number of aryl methyl sites for hydroxylation is 1. The number of hydrogen-bond donors (Lipinski definition) is 1. The Morgan fingerprint density at radius 3 is 2.80 bits per heavy atom. The van der Waals surface area contributed by atoms with E-state index in [0.717, 1.165) is 29.5 Å². The molecule has 104 valence electrons. The average Bonchev–Trinajstić information content (AvgIpc) is 2.72. The summed E-state index contributed by atoms with van der Waals surface area (Å²) in [4.78, 5) is 0. The number of benzene rings is 2. The molecule has 20 heavy (non-hydrogen) atoms. The first-order valence-electron chi connectivity index (χ1n) is 6.50. The number of halogens is 3. The van der Waals surface area contributed by atoms with Crippen molar-refractivity contribution in [2.24, 2.45) is 5.73 Å². The topological polar surface area (TPSA) is 26.0 Å².